The minimum Gasteiger partial charge on any atom is -0.466 e. The van der Waals surface area contributed by atoms with Crippen LogP contribution < -0.4 is 0 Å². The summed E-state index contributed by atoms with van der Waals surface area (Å²) in [5, 5.41) is 0. The van der Waals surface area contributed by atoms with Gasteiger partial charge in [-0.3, -0.25) is 9.59 Å². The molecule has 0 aliphatic rings. The highest BCUT2D eigenvalue weighted by Gasteiger charge is 2.14. The average molecular weight is 254 g/mol. The van der Waals surface area contributed by atoms with Crippen LogP contribution in [0, 0.1) is 11.8 Å². The number of esters is 1. The molecule has 0 rings (SSSR count). The van der Waals surface area contributed by atoms with Gasteiger partial charge in [0.05, 0.1) is 6.61 Å². The first-order valence-corrected chi connectivity index (χ1v) is 6.85. The molecule has 1 unspecified atom stereocenters. The minimum absolute atomic E-state index is 0.0241. The van der Waals surface area contributed by atoms with Gasteiger partial charge in [0.25, 0.3) is 0 Å². The second-order valence-corrected chi connectivity index (χ2v) is 4.80. The van der Waals surface area contributed by atoms with Gasteiger partial charge in [0.1, 0.15) is 12.2 Å². The monoisotopic (exact) mass is 254 g/mol. The number of carbonyl (C=O) groups is 2. The summed E-state index contributed by atoms with van der Waals surface area (Å²) in [4.78, 5) is 22.8. The highest BCUT2D eigenvalue weighted by molar-refractivity contribution is 5.95. The molecule has 0 aromatic carbocycles. The van der Waals surface area contributed by atoms with Gasteiger partial charge >= 0.3 is 5.97 Å². The van der Waals surface area contributed by atoms with Gasteiger partial charge in [0.2, 0.25) is 0 Å². The molecular weight excluding hydrogens is 228 g/mol. The van der Waals surface area contributed by atoms with Crippen LogP contribution in [0.15, 0.2) is 12.2 Å². The summed E-state index contributed by atoms with van der Waals surface area (Å²) in [6.45, 7) is 8.48. The van der Waals surface area contributed by atoms with Crippen molar-refractivity contribution < 1.29 is 14.3 Å². The van der Waals surface area contributed by atoms with E-state index in [0.29, 0.717) is 24.9 Å². The van der Waals surface area contributed by atoms with Gasteiger partial charge in [-0.05, 0) is 31.6 Å². The Hall–Kier alpha value is -1.12. The number of allylic oxidation sites excluding steroid dienone is 2. The van der Waals surface area contributed by atoms with E-state index in [-0.39, 0.29) is 12.2 Å². The number of carbonyl (C=O) groups excluding carboxylic acids is 2. The molecule has 3 heteroatoms. The molecule has 0 aliphatic heterocycles. The molecule has 0 heterocycles. The Kier molecular flexibility index (Phi) is 9.25. The lowest BCUT2D eigenvalue weighted by molar-refractivity contribution is -0.145. The Morgan fingerprint density at radius 1 is 1.22 bits per heavy atom. The standard InChI is InChI=1S/C15H26O3/c1-5-7-8-13(12(3)4)9-10-14(16)11-15(17)18-6-2/h7-8,12-13H,5-6,9-11H2,1-4H3/b8-7-. The quantitative estimate of drug-likeness (QED) is 0.359. The predicted octanol–water partition coefficient (Wildman–Crippen LogP) is 3.53. The van der Waals surface area contributed by atoms with Gasteiger partial charge in [-0.15, -0.1) is 0 Å². The van der Waals surface area contributed by atoms with Crippen molar-refractivity contribution in [2.75, 3.05) is 6.61 Å². The number of ether oxygens (including phenoxy) is 1. The van der Waals surface area contributed by atoms with Crippen molar-refractivity contribution in [3.63, 3.8) is 0 Å². The Morgan fingerprint density at radius 2 is 1.89 bits per heavy atom. The lowest BCUT2D eigenvalue weighted by Crippen LogP contribution is -2.13. The highest BCUT2D eigenvalue weighted by atomic mass is 16.5. The third kappa shape index (κ3) is 8.04. The SMILES string of the molecule is CC/C=C\C(CCC(=O)CC(=O)OCC)C(C)C. The smallest absolute Gasteiger partial charge is 0.313 e. The van der Waals surface area contributed by atoms with Crippen molar-refractivity contribution in [1.29, 1.82) is 0 Å². The fourth-order valence-corrected chi connectivity index (χ4v) is 1.75. The van der Waals surface area contributed by atoms with Gasteiger partial charge in [-0.2, -0.15) is 0 Å². The second kappa shape index (κ2) is 9.86. The van der Waals surface area contributed by atoms with E-state index in [1.165, 1.54) is 0 Å². The molecule has 3 nitrogen and oxygen atoms in total. The summed E-state index contributed by atoms with van der Waals surface area (Å²) in [6, 6.07) is 0. The number of ketones is 1. The molecule has 1 atom stereocenters. The zero-order chi connectivity index (χ0) is 14.0. The molecule has 0 fully saturated rings. The number of rotatable bonds is 9. The minimum atomic E-state index is -0.410. The Morgan fingerprint density at radius 3 is 2.39 bits per heavy atom. The maximum absolute atomic E-state index is 11.6. The molecular formula is C15H26O3. The fourth-order valence-electron chi connectivity index (χ4n) is 1.75. The van der Waals surface area contributed by atoms with Crippen molar-refractivity contribution in [1.82, 2.24) is 0 Å². The maximum Gasteiger partial charge on any atom is 0.313 e. The topological polar surface area (TPSA) is 43.4 Å². The summed E-state index contributed by atoms with van der Waals surface area (Å²) in [7, 11) is 0. The van der Waals surface area contributed by atoms with Gasteiger partial charge in [-0.25, -0.2) is 0 Å². The second-order valence-electron chi connectivity index (χ2n) is 4.80. The molecule has 104 valence electrons. The number of Topliss-reactive ketones (excluding diaryl/α,β-unsaturated/α-hetero) is 1. The highest BCUT2D eigenvalue weighted by Crippen LogP contribution is 2.19. The number of hydrogen-bond acceptors (Lipinski definition) is 3. The van der Waals surface area contributed by atoms with Crippen molar-refractivity contribution in [3.8, 4) is 0 Å². The van der Waals surface area contributed by atoms with E-state index in [9.17, 15) is 9.59 Å². The lowest BCUT2D eigenvalue weighted by atomic mass is 9.89. The zero-order valence-electron chi connectivity index (χ0n) is 12.1. The van der Waals surface area contributed by atoms with E-state index in [1.807, 2.05) is 0 Å². The van der Waals surface area contributed by atoms with Gasteiger partial charge < -0.3 is 4.74 Å². The molecule has 0 spiro atoms. The van der Waals surface area contributed by atoms with Crippen LogP contribution in [-0.4, -0.2) is 18.4 Å². The molecule has 0 N–H and O–H groups in total. The van der Waals surface area contributed by atoms with E-state index < -0.39 is 5.97 Å². The first-order valence-electron chi connectivity index (χ1n) is 6.85. The normalized spacial score (nSPS) is 12.9. The Balaban J connectivity index is 4.07. The van der Waals surface area contributed by atoms with Crippen LogP contribution in [0.1, 0.15) is 53.4 Å². The predicted molar refractivity (Wildman–Crippen MR) is 73.3 cm³/mol. The molecule has 0 amide bonds. The average Bonchev–Trinajstić information content (AvgIpc) is 2.28. The van der Waals surface area contributed by atoms with Crippen molar-refractivity contribution in [2.24, 2.45) is 11.8 Å². The van der Waals surface area contributed by atoms with Gasteiger partial charge in [0, 0.05) is 6.42 Å². The molecule has 0 aromatic rings. The Bertz CT molecular complexity index is 279. The molecule has 0 aliphatic carbocycles. The third-order valence-electron chi connectivity index (χ3n) is 2.88. The summed E-state index contributed by atoms with van der Waals surface area (Å²) in [5.74, 6) is 0.496. The summed E-state index contributed by atoms with van der Waals surface area (Å²) in [5.41, 5.74) is 0. The van der Waals surface area contributed by atoms with Gasteiger partial charge in [0.15, 0.2) is 0 Å². The van der Waals surface area contributed by atoms with Crippen LogP contribution in [0.3, 0.4) is 0 Å². The van der Waals surface area contributed by atoms with E-state index in [0.717, 1.165) is 12.8 Å². The van der Waals surface area contributed by atoms with Crippen LogP contribution in [0.4, 0.5) is 0 Å². The molecule has 18 heavy (non-hydrogen) atoms. The van der Waals surface area contributed by atoms with E-state index in [1.54, 1.807) is 6.92 Å². The fraction of sp³-hybridized carbons (Fsp3) is 0.733. The molecule has 0 saturated carbocycles. The first-order chi connectivity index (χ1) is 8.51. The first kappa shape index (κ1) is 16.9. The van der Waals surface area contributed by atoms with E-state index in [2.05, 4.69) is 32.9 Å². The zero-order valence-corrected chi connectivity index (χ0v) is 12.1. The molecule has 0 radical (unpaired) electrons. The van der Waals surface area contributed by atoms with Gasteiger partial charge in [-0.1, -0.05) is 32.9 Å². The van der Waals surface area contributed by atoms with E-state index in [4.69, 9.17) is 4.74 Å². The van der Waals surface area contributed by atoms with Crippen LogP contribution >= 0.6 is 0 Å². The van der Waals surface area contributed by atoms with Crippen molar-refractivity contribution >= 4 is 11.8 Å². The van der Waals surface area contributed by atoms with E-state index >= 15 is 0 Å². The summed E-state index contributed by atoms with van der Waals surface area (Å²) < 4.78 is 4.76. The van der Waals surface area contributed by atoms with Crippen LogP contribution in [0.25, 0.3) is 0 Å². The summed E-state index contributed by atoms with van der Waals surface area (Å²) in [6.07, 6.45) is 6.51. The Labute approximate surface area is 111 Å². The largest absolute Gasteiger partial charge is 0.466 e. The van der Waals surface area contributed by atoms with Crippen molar-refractivity contribution in [2.45, 2.75) is 53.4 Å². The van der Waals surface area contributed by atoms with Crippen LogP contribution in [0.5, 0.6) is 0 Å². The van der Waals surface area contributed by atoms with Crippen LogP contribution in [0.2, 0.25) is 0 Å². The molecule has 0 bridgehead atoms. The summed E-state index contributed by atoms with van der Waals surface area (Å²) >= 11 is 0. The third-order valence-corrected chi connectivity index (χ3v) is 2.88. The number of hydrogen-bond donors (Lipinski definition) is 0. The lowest BCUT2D eigenvalue weighted by Gasteiger charge is -2.16. The maximum atomic E-state index is 11.6. The molecule has 0 saturated heterocycles. The van der Waals surface area contributed by atoms with Crippen molar-refractivity contribution in [3.05, 3.63) is 12.2 Å². The molecule has 0 aromatic heterocycles. The van der Waals surface area contributed by atoms with Crippen LogP contribution in [-0.2, 0) is 14.3 Å².